The van der Waals surface area contributed by atoms with Gasteiger partial charge in [0.25, 0.3) is 0 Å². The topological polar surface area (TPSA) is 121 Å². The number of amidine groups is 1. The van der Waals surface area contributed by atoms with Crippen LogP contribution in [0.25, 0.3) is 11.1 Å². The van der Waals surface area contributed by atoms with Crippen molar-refractivity contribution in [2.75, 3.05) is 6.26 Å². The maximum atomic E-state index is 13.4. The van der Waals surface area contributed by atoms with Crippen LogP contribution in [0.3, 0.4) is 0 Å². The van der Waals surface area contributed by atoms with Gasteiger partial charge < -0.3 is 10.8 Å². The Balaban J connectivity index is 0.000000509. The van der Waals surface area contributed by atoms with Crippen LogP contribution in [0, 0.1) is 18.2 Å². The molecule has 1 heterocycles. The molecule has 0 unspecified atom stereocenters. The lowest BCUT2D eigenvalue weighted by atomic mass is 10.0. The third kappa shape index (κ3) is 6.36. The maximum Gasteiger partial charge on any atom is 0.490 e. The van der Waals surface area contributed by atoms with Crippen molar-refractivity contribution in [2.24, 2.45) is 5.73 Å². The van der Waals surface area contributed by atoms with Crippen molar-refractivity contribution in [2.45, 2.75) is 27.1 Å². The molecule has 0 aliphatic carbocycles. The highest BCUT2D eigenvalue weighted by atomic mass is 32.2. The Bertz CT molecular complexity index is 1340. The van der Waals surface area contributed by atoms with Crippen LogP contribution in [0.1, 0.15) is 10.4 Å². The van der Waals surface area contributed by atoms with Gasteiger partial charge in [0.1, 0.15) is 11.7 Å². The number of carboxylic acids is 1. The van der Waals surface area contributed by atoms with E-state index in [2.05, 4.69) is 0 Å². The second-order valence-electron chi connectivity index (χ2n) is 6.67. The first kappa shape index (κ1) is 27.3. The van der Waals surface area contributed by atoms with E-state index in [-0.39, 0.29) is 21.4 Å². The molecule has 0 radical (unpaired) electrons. The Kier molecular flexibility index (Phi) is 8.50. The van der Waals surface area contributed by atoms with Gasteiger partial charge in [-0.25, -0.2) is 17.6 Å². The van der Waals surface area contributed by atoms with Crippen LogP contribution in [0.15, 0.2) is 62.5 Å². The van der Waals surface area contributed by atoms with Gasteiger partial charge in [0.15, 0.2) is 0 Å². The average molecular weight is 535 g/mol. The summed E-state index contributed by atoms with van der Waals surface area (Å²) in [5, 5.41) is 14.7. The van der Waals surface area contributed by atoms with Crippen LogP contribution in [0.5, 0.6) is 0 Å². The summed E-state index contributed by atoms with van der Waals surface area (Å²) in [6, 6.07) is 12.4. The van der Waals surface area contributed by atoms with Gasteiger partial charge in [-0.15, -0.1) is 23.1 Å². The number of hydrogen-bond acceptors (Lipinski definition) is 6. The number of alkyl halides is 3. The Labute approximate surface area is 200 Å². The van der Waals surface area contributed by atoms with Crippen molar-refractivity contribution >= 4 is 44.7 Å². The van der Waals surface area contributed by atoms with Crippen molar-refractivity contribution in [3.05, 3.63) is 64.8 Å². The number of carbonyl (C=O) groups is 1. The lowest BCUT2D eigenvalue weighted by molar-refractivity contribution is -0.192. The van der Waals surface area contributed by atoms with Crippen LogP contribution >= 0.6 is 23.1 Å². The smallest absolute Gasteiger partial charge is 0.475 e. The Morgan fingerprint density at radius 2 is 1.76 bits per heavy atom. The van der Waals surface area contributed by atoms with Gasteiger partial charge in [-0.2, -0.15) is 13.2 Å². The molecule has 0 fully saturated rings. The molecule has 0 aliphatic rings. The normalized spacial score (nSPS) is 11.5. The van der Waals surface area contributed by atoms with Crippen LogP contribution in [-0.4, -0.2) is 37.8 Å². The fraction of sp³-hybridized carbons (Fsp3) is 0.143. The third-order valence-electron chi connectivity index (χ3n) is 4.29. The molecule has 1 aromatic heterocycles. The SMILES string of the molecule is CSc1sc(C(=N)N)cc1S(=O)(=O)c1cccc(-c2ccc(F)cc2C)c1.O=C(O)C(F)(F)F. The molecule has 0 saturated heterocycles. The maximum absolute atomic E-state index is 13.4. The predicted molar refractivity (Wildman–Crippen MR) is 123 cm³/mol. The Hall–Kier alpha value is -2.90. The summed E-state index contributed by atoms with van der Waals surface area (Å²) in [5.41, 5.74) is 7.71. The summed E-state index contributed by atoms with van der Waals surface area (Å²) < 4.78 is 72.1. The Morgan fingerprint density at radius 1 is 1.15 bits per heavy atom. The number of nitrogens with one attached hydrogen (secondary N) is 1. The molecule has 2 aromatic carbocycles. The quantitative estimate of drug-likeness (QED) is 0.176. The molecule has 6 nitrogen and oxygen atoms in total. The zero-order chi connectivity index (χ0) is 25.8. The van der Waals surface area contributed by atoms with Gasteiger partial charge in [0, 0.05) is 0 Å². The number of thiophene rings is 1. The summed E-state index contributed by atoms with van der Waals surface area (Å²) in [5.74, 6) is -3.25. The van der Waals surface area contributed by atoms with E-state index < -0.39 is 22.0 Å². The fourth-order valence-corrected chi connectivity index (χ4v) is 6.63. The second-order valence-corrected chi connectivity index (χ2v) is 10.7. The lowest BCUT2D eigenvalue weighted by Crippen LogP contribution is -2.21. The van der Waals surface area contributed by atoms with Gasteiger partial charge in [0.05, 0.1) is 18.9 Å². The minimum Gasteiger partial charge on any atom is -0.475 e. The van der Waals surface area contributed by atoms with Gasteiger partial charge in [-0.05, 0) is 60.2 Å². The van der Waals surface area contributed by atoms with Crippen molar-refractivity contribution < 1.29 is 35.9 Å². The van der Waals surface area contributed by atoms with E-state index in [1.54, 1.807) is 37.4 Å². The molecule has 13 heteroatoms. The highest BCUT2D eigenvalue weighted by molar-refractivity contribution is 8.01. The molecule has 182 valence electrons. The minimum atomic E-state index is -5.08. The zero-order valence-corrected chi connectivity index (χ0v) is 20.1. The molecule has 34 heavy (non-hydrogen) atoms. The molecule has 0 amide bonds. The Morgan fingerprint density at radius 3 is 2.26 bits per heavy atom. The number of thioether (sulfide) groups is 1. The molecule has 3 rings (SSSR count). The average Bonchev–Trinajstić information content (AvgIpc) is 3.19. The van der Waals surface area contributed by atoms with E-state index >= 15 is 0 Å². The number of carboxylic acid groups (broad SMARTS) is 1. The number of rotatable bonds is 5. The van der Waals surface area contributed by atoms with Crippen LogP contribution < -0.4 is 5.73 Å². The fourth-order valence-electron chi connectivity index (χ4n) is 2.73. The van der Waals surface area contributed by atoms with Gasteiger partial charge in [-0.1, -0.05) is 18.2 Å². The van der Waals surface area contributed by atoms with E-state index in [1.807, 2.05) is 0 Å². The third-order valence-corrected chi connectivity index (χ3v) is 8.63. The highest BCUT2D eigenvalue weighted by Crippen LogP contribution is 2.37. The number of aliphatic carboxylic acids is 1. The number of sulfone groups is 1. The molecule has 3 aromatic rings. The van der Waals surface area contributed by atoms with Gasteiger partial charge in [-0.3, -0.25) is 5.41 Å². The predicted octanol–water partition coefficient (Wildman–Crippen LogP) is 5.33. The first-order valence-electron chi connectivity index (χ1n) is 9.12. The van der Waals surface area contributed by atoms with Crippen molar-refractivity contribution in [3.8, 4) is 11.1 Å². The van der Waals surface area contributed by atoms with E-state index in [4.69, 9.17) is 21.0 Å². The second kappa shape index (κ2) is 10.6. The molecule has 0 spiro atoms. The molecule has 0 bridgehead atoms. The number of nitrogen functional groups attached to an aromatic ring is 1. The minimum absolute atomic E-state index is 0.145. The van der Waals surface area contributed by atoms with Gasteiger partial charge in [0.2, 0.25) is 9.84 Å². The number of hydrogen-bond donors (Lipinski definition) is 3. The van der Waals surface area contributed by atoms with Gasteiger partial charge >= 0.3 is 12.1 Å². The molecular formula is C21H18F4N2O4S3. The monoisotopic (exact) mass is 534 g/mol. The van der Waals surface area contributed by atoms with E-state index in [9.17, 15) is 26.0 Å². The lowest BCUT2D eigenvalue weighted by Gasteiger charge is -2.09. The summed E-state index contributed by atoms with van der Waals surface area (Å²) in [6.07, 6.45) is -3.30. The summed E-state index contributed by atoms with van der Waals surface area (Å²) in [6.45, 7) is 1.78. The standard InChI is InChI=1S/C19H17FN2O2S3.C2HF3O2/c1-11-8-13(20)6-7-15(11)12-4-3-5-14(9-12)27(23,24)17-10-16(18(21)22)26-19(17)25-2;3-2(4,5)1(6)7/h3-10H,1-2H3,(H3,21,22);(H,6,7). The first-order valence-corrected chi connectivity index (χ1v) is 12.6. The number of benzene rings is 2. The number of nitrogens with two attached hydrogens (primary N) is 1. The zero-order valence-electron chi connectivity index (χ0n) is 17.6. The van der Waals surface area contributed by atoms with Crippen molar-refractivity contribution in [1.29, 1.82) is 5.41 Å². The van der Waals surface area contributed by atoms with Crippen LogP contribution in [0.4, 0.5) is 17.6 Å². The van der Waals surface area contributed by atoms with E-state index in [0.717, 1.165) is 11.1 Å². The van der Waals surface area contributed by atoms with E-state index in [0.29, 0.717) is 14.6 Å². The van der Waals surface area contributed by atoms with E-state index in [1.165, 1.54) is 47.4 Å². The van der Waals surface area contributed by atoms with Crippen molar-refractivity contribution in [1.82, 2.24) is 0 Å². The largest absolute Gasteiger partial charge is 0.490 e. The summed E-state index contributed by atoms with van der Waals surface area (Å²) >= 11 is 2.49. The first-order chi connectivity index (χ1) is 15.7. The number of aryl methyl sites for hydroxylation is 1. The number of halogens is 4. The summed E-state index contributed by atoms with van der Waals surface area (Å²) in [7, 11) is -3.78. The highest BCUT2D eigenvalue weighted by Gasteiger charge is 2.38. The van der Waals surface area contributed by atoms with Crippen LogP contribution in [0.2, 0.25) is 0 Å². The molecule has 0 atom stereocenters. The molecular weight excluding hydrogens is 516 g/mol. The van der Waals surface area contributed by atoms with Crippen molar-refractivity contribution in [3.63, 3.8) is 0 Å². The molecule has 0 saturated carbocycles. The summed E-state index contributed by atoms with van der Waals surface area (Å²) in [4.78, 5) is 9.61. The molecule has 0 aliphatic heterocycles. The molecule has 4 N–H and O–H groups in total. The van der Waals surface area contributed by atoms with Crippen LogP contribution in [-0.2, 0) is 14.6 Å².